The molecule has 3 rings (SSSR count). The van der Waals surface area contributed by atoms with E-state index in [0.29, 0.717) is 25.7 Å². The first-order valence-electron chi connectivity index (χ1n) is 9.28. The Morgan fingerprint density at radius 2 is 1.71 bits per heavy atom. The predicted octanol–water partition coefficient (Wildman–Crippen LogP) is 4.47. The molecule has 0 unspecified atom stereocenters. The van der Waals surface area contributed by atoms with Gasteiger partial charge in [0.05, 0.1) is 29.0 Å². The van der Waals surface area contributed by atoms with Crippen LogP contribution in [0.5, 0.6) is 0 Å². The molecule has 1 aromatic carbocycles. The van der Waals surface area contributed by atoms with Crippen LogP contribution in [0.1, 0.15) is 52.9 Å². The van der Waals surface area contributed by atoms with Crippen LogP contribution in [0.25, 0.3) is 0 Å². The van der Waals surface area contributed by atoms with Crippen molar-refractivity contribution in [2.45, 2.75) is 50.1 Å². The zero-order valence-corrected chi connectivity index (χ0v) is 15.9. The van der Waals surface area contributed by atoms with Crippen LogP contribution in [0.4, 0.5) is 32.0 Å². The topological polar surface area (TPSA) is 93.6 Å². The Balaban J connectivity index is 1.58. The molecule has 1 fully saturated rings. The zero-order valence-electron chi connectivity index (χ0n) is 15.9. The molecule has 1 amide bonds. The van der Waals surface area contributed by atoms with Gasteiger partial charge in [-0.05, 0) is 43.9 Å². The minimum absolute atomic E-state index is 0.179. The van der Waals surface area contributed by atoms with E-state index in [0.717, 1.165) is 18.3 Å². The number of rotatable bonds is 4. The molecule has 2 aromatic rings. The predicted molar refractivity (Wildman–Crippen MR) is 96.9 cm³/mol. The van der Waals surface area contributed by atoms with Gasteiger partial charge in [-0.1, -0.05) is 0 Å². The first-order chi connectivity index (χ1) is 14.5. The highest BCUT2D eigenvalue weighted by Crippen LogP contribution is 2.34. The molecule has 0 saturated heterocycles. The van der Waals surface area contributed by atoms with Gasteiger partial charge in [0.25, 0.3) is 5.91 Å². The zero-order chi connectivity index (χ0) is 22.8. The minimum Gasteiger partial charge on any atom is -0.382 e. The molecule has 31 heavy (non-hydrogen) atoms. The SMILES string of the molecule is N#Cc1ccc(N[C@H]2CC[C@@H](NC(=O)c3cn[nH]c3C(F)(F)F)CC2)cc1C(F)(F)F. The molecule has 1 aliphatic carbocycles. The van der Waals surface area contributed by atoms with Gasteiger partial charge in [-0.25, -0.2) is 0 Å². The molecule has 166 valence electrons. The number of alkyl halides is 6. The van der Waals surface area contributed by atoms with Gasteiger partial charge in [0.15, 0.2) is 5.69 Å². The number of amides is 1. The highest BCUT2D eigenvalue weighted by atomic mass is 19.4. The van der Waals surface area contributed by atoms with Crippen LogP contribution in [-0.2, 0) is 12.4 Å². The summed E-state index contributed by atoms with van der Waals surface area (Å²) in [6.45, 7) is 0. The summed E-state index contributed by atoms with van der Waals surface area (Å²) in [5, 5.41) is 19.4. The molecule has 1 aliphatic rings. The van der Waals surface area contributed by atoms with Crippen LogP contribution in [-0.4, -0.2) is 28.2 Å². The number of hydrogen-bond donors (Lipinski definition) is 3. The lowest BCUT2D eigenvalue weighted by Crippen LogP contribution is -2.40. The summed E-state index contributed by atoms with van der Waals surface area (Å²) in [7, 11) is 0. The average Bonchev–Trinajstić information content (AvgIpc) is 3.19. The van der Waals surface area contributed by atoms with Crippen molar-refractivity contribution < 1.29 is 31.1 Å². The van der Waals surface area contributed by atoms with Gasteiger partial charge in [-0.3, -0.25) is 9.89 Å². The van der Waals surface area contributed by atoms with Crippen molar-refractivity contribution in [3.63, 3.8) is 0 Å². The lowest BCUT2D eigenvalue weighted by atomic mass is 9.90. The molecule has 1 aromatic heterocycles. The standard InChI is InChI=1S/C19H17F6N5O/c20-18(21,22)15-7-13(2-1-10(15)8-26)28-11-3-5-12(6-4-11)29-17(31)14-9-27-30-16(14)19(23,24)25/h1-2,7,9,11-12,28H,3-6H2,(H,27,30)(H,29,31)/t11-,12+. The number of nitriles is 1. The maximum absolute atomic E-state index is 13.1. The lowest BCUT2D eigenvalue weighted by Gasteiger charge is -2.30. The largest absolute Gasteiger partial charge is 0.433 e. The molecule has 0 radical (unpaired) electrons. The highest BCUT2D eigenvalue weighted by Gasteiger charge is 2.38. The Labute approximate surface area is 172 Å². The van der Waals surface area contributed by atoms with E-state index in [9.17, 15) is 31.1 Å². The van der Waals surface area contributed by atoms with E-state index in [-0.39, 0.29) is 17.8 Å². The molecule has 0 aliphatic heterocycles. The molecule has 3 N–H and O–H groups in total. The maximum Gasteiger partial charge on any atom is 0.433 e. The number of anilines is 1. The van der Waals surface area contributed by atoms with Gasteiger partial charge in [0.2, 0.25) is 0 Å². The van der Waals surface area contributed by atoms with Crippen molar-refractivity contribution in [1.29, 1.82) is 5.26 Å². The molecular weight excluding hydrogens is 428 g/mol. The van der Waals surface area contributed by atoms with Crippen LogP contribution in [0.2, 0.25) is 0 Å². The van der Waals surface area contributed by atoms with E-state index in [1.54, 1.807) is 5.10 Å². The molecule has 0 spiro atoms. The monoisotopic (exact) mass is 445 g/mol. The molecule has 0 bridgehead atoms. The summed E-state index contributed by atoms with van der Waals surface area (Å²) >= 11 is 0. The number of carbonyl (C=O) groups is 1. The first kappa shape index (κ1) is 22.5. The molecule has 6 nitrogen and oxygen atoms in total. The van der Waals surface area contributed by atoms with E-state index in [4.69, 9.17) is 5.26 Å². The summed E-state index contributed by atoms with van der Waals surface area (Å²) < 4.78 is 77.9. The second-order valence-electron chi connectivity index (χ2n) is 7.19. The first-order valence-corrected chi connectivity index (χ1v) is 9.28. The third-order valence-corrected chi connectivity index (χ3v) is 5.05. The summed E-state index contributed by atoms with van der Waals surface area (Å²) in [5.41, 5.74) is -3.10. The summed E-state index contributed by atoms with van der Waals surface area (Å²) in [6.07, 6.45) is -6.73. The average molecular weight is 445 g/mol. The van der Waals surface area contributed by atoms with E-state index >= 15 is 0 Å². The summed E-state index contributed by atoms with van der Waals surface area (Å²) in [4.78, 5) is 12.2. The Morgan fingerprint density at radius 1 is 1.06 bits per heavy atom. The van der Waals surface area contributed by atoms with Gasteiger partial charge >= 0.3 is 12.4 Å². The number of H-pyrrole nitrogens is 1. The van der Waals surface area contributed by atoms with E-state index in [2.05, 4.69) is 15.7 Å². The smallest absolute Gasteiger partial charge is 0.382 e. The number of halogens is 6. The van der Waals surface area contributed by atoms with Gasteiger partial charge in [-0.2, -0.15) is 36.7 Å². The number of nitrogens with zero attached hydrogens (tertiary/aromatic N) is 2. The number of aromatic amines is 1. The van der Waals surface area contributed by atoms with Crippen molar-refractivity contribution >= 4 is 11.6 Å². The summed E-state index contributed by atoms with van der Waals surface area (Å²) in [6, 6.07) is 4.33. The number of benzene rings is 1. The van der Waals surface area contributed by atoms with Crippen molar-refractivity contribution in [3.8, 4) is 6.07 Å². The lowest BCUT2D eigenvalue weighted by molar-refractivity contribution is -0.141. The molecular formula is C19H17F6N5O. The highest BCUT2D eigenvalue weighted by molar-refractivity contribution is 5.95. The number of nitrogens with one attached hydrogen (secondary N) is 3. The van der Waals surface area contributed by atoms with Crippen molar-refractivity contribution in [1.82, 2.24) is 15.5 Å². The van der Waals surface area contributed by atoms with E-state index in [1.807, 2.05) is 0 Å². The van der Waals surface area contributed by atoms with Crippen LogP contribution < -0.4 is 10.6 Å². The third-order valence-electron chi connectivity index (χ3n) is 5.05. The Kier molecular flexibility index (Phi) is 6.15. The second-order valence-corrected chi connectivity index (χ2v) is 7.19. The molecule has 1 heterocycles. The fraction of sp³-hybridized carbons (Fsp3) is 0.421. The van der Waals surface area contributed by atoms with Crippen LogP contribution >= 0.6 is 0 Å². The minimum atomic E-state index is -4.74. The number of carbonyl (C=O) groups excluding carboxylic acids is 1. The Morgan fingerprint density at radius 3 is 2.29 bits per heavy atom. The number of aromatic nitrogens is 2. The van der Waals surface area contributed by atoms with E-state index in [1.165, 1.54) is 12.1 Å². The van der Waals surface area contributed by atoms with Gasteiger partial charge < -0.3 is 10.6 Å². The van der Waals surface area contributed by atoms with Gasteiger partial charge in [0.1, 0.15) is 0 Å². The van der Waals surface area contributed by atoms with Crippen molar-refractivity contribution in [3.05, 3.63) is 46.8 Å². The normalized spacial score (nSPS) is 19.5. The van der Waals surface area contributed by atoms with Gasteiger partial charge in [-0.15, -0.1) is 0 Å². The summed E-state index contributed by atoms with van der Waals surface area (Å²) in [5.74, 6) is -0.889. The van der Waals surface area contributed by atoms with Crippen LogP contribution in [0.3, 0.4) is 0 Å². The van der Waals surface area contributed by atoms with E-state index < -0.39 is 40.6 Å². The molecule has 12 heteroatoms. The number of hydrogen-bond acceptors (Lipinski definition) is 4. The quantitative estimate of drug-likeness (QED) is 0.606. The molecule has 1 saturated carbocycles. The van der Waals surface area contributed by atoms with Crippen LogP contribution in [0, 0.1) is 11.3 Å². The Bertz CT molecular complexity index is 983. The third kappa shape index (κ3) is 5.28. The second kappa shape index (κ2) is 8.49. The maximum atomic E-state index is 13.1. The molecule has 0 atom stereocenters. The van der Waals surface area contributed by atoms with Crippen molar-refractivity contribution in [2.24, 2.45) is 0 Å². The van der Waals surface area contributed by atoms with Crippen molar-refractivity contribution in [2.75, 3.05) is 5.32 Å². The Hall–Kier alpha value is -3.23. The van der Waals surface area contributed by atoms with Crippen LogP contribution in [0.15, 0.2) is 24.4 Å². The fourth-order valence-electron chi connectivity index (χ4n) is 3.52. The van der Waals surface area contributed by atoms with Gasteiger partial charge in [0, 0.05) is 17.8 Å². The fourth-order valence-corrected chi connectivity index (χ4v) is 3.52.